The van der Waals surface area contributed by atoms with E-state index < -0.39 is 0 Å². The van der Waals surface area contributed by atoms with Gasteiger partial charge in [-0.2, -0.15) is 0 Å². The molecule has 0 saturated carbocycles. The van der Waals surface area contributed by atoms with Gasteiger partial charge in [-0.15, -0.1) is 0 Å². The number of amides is 2. The minimum atomic E-state index is -0.0288. The molecule has 0 atom stereocenters. The molecule has 2 aliphatic rings. The van der Waals surface area contributed by atoms with Gasteiger partial charge in [0.2, 0.25) is 0 Å². The Hall–Kier alpha value is -2.88. The maximum atomic E-state index is 12.5. The fourth-order valence-corrected chi connectivity index (χ4v) is 2.88. The normalized spacial score (nSPS) is 16.7. The average Bonchev–Trinajstić information content (AvgIpc) is 3.29. The molecule has 4 nitrogen and oxygen atoms in total. The van der Waals surface area contributed by atoms with E-state index in [9.17, 15) is 9.59 Å². The Morgan fingerprint density at radius 3 is 1.46 bits per heavy atom. The van der Waals surface area contributed by atoms with Gasteiger partial charge in [-0.3, -0.25) is 9.59 Å². The summed E-state index contributed by atoms with van der Waals surface area (Å²) in [5, 5.41) is 0. The summed E-state index contributed by atoms with van der Waals surface area (Å²) in [6.07, 6.45) is 7.55. The molecule has 0 fully saturated rings. The number of carbonyl (C=O) groups is 2. The van der Waals surface area contributed by atoms with Crippen LogP contribution in [0.5, 0.6) is 0 Å². The summed E-state index contributed by atoms with van der Waals surface area (Å²) in [5.74, 6) is -0.0576. The first-order valence-electron chi connectivity index (χ1n) is 7.94. The van der Waals surface area contributed by atoms with Crippen LogP contribution >= 0.6 is 0 Å². The molecule has 2 heterocycles. The molecule has 2 amide bonds. The summed E-state index contributed by atoms with van der Waals surface area (Å²) in [6, 6.07) is 6.89. The van der Waals surface area contributed by atoms with Crippen LogP contribution in [0.4, 0.5) is 0 Å². The highest BCUT2D eigenvalue weighted by molar-refractivity contribution is 5.98. The molecule has 4 heteroatoms. The smallest absolute Gasteiger partial charge is 0.254 e. The van der Waals surface area contributed by atoms with Crippen molar-refractivity contribution >= 4 is 11.8 Å². The predicted molar refractivity (Wildman–Crippen MR) is 94.8 cm³/mol. The first kappa shape index (κ1) is 16.0. The maximum absolute atomic E-state index is 12.5. The van der Waals surface area contributed by atoms with Gasteiger partial charge in [0.25, 0.3) is 11.8 Å². The van der Waals surface area contributed by atoms with Crippen LogP contribution in [0.25, 0.3) is 0 Å². The van der Waals surface area contributed by atoms with Crippen LogP contribution < -0.4 is 0 Å². The van der Waals surface area contributed by atoms with Crippen molar-refractivity contribution in [2.45, 2.75) is 0 Å². The minimum absolute atomic E-state index is 0.0288. The van der Waals surface area contributed by atoms with E-state index in [0.717, 1.165) is 11.1 Å². The second-order valence-corrected chi connectivity index (χ2v) is 5.92. The fourth-order valence-electron chi connectivity index (χ4n) is 2.88. The first-order chi connectivity index (χ1) is 11.6. The number of rotatable bonds is 4. The van der Waals surface area contributed by atoms with Crippen molar-refractivity contribution in [3.05, 3.63) is 84.0 Å². The van der Waals surface area contributed by atoms with Gasteiger partial charge in [-0.1, -0.05) is 37.5 Å². The molecular formula is C20H20N2O2. The standard InChI is InChI=1S/C20H20N2O2/c1-3-15-9-11-21(13-15)19(23)17-5-7-18(8-6-17)20(24)22-12-10-16(4-2)14-22/h3-10H,1-2,11-14H2. The zero-order valence-electron chi connectivity index (χ0n) is 13.6. The van der Waals surface area contributed by atoms with Gasteiger partial charge in [-0.25, -0.2) is 0 Å². The van der Waals surface area contributed by atoms with E-state index in [2.05, 4.69) is 13.2 Å². The summed E-state index contributed by atoms with van der Waals surface area (Å²) in [7, 11) is 0. The Labute approximate surface area is 142 Å². The van der Waals surface area contributed by atoms with Crippen LogP contribution in [0.15, 0.2) is 72.9 Å². The third-order valence-corrected chi connectivity index (χ3v) is 4.37. The lowest BCUT2D eigenvalue weighted by Crippen LogP contribution is -2.30. The highest BCUT2D eigenvalue weighted by Crippen LogP contribution is 2.17. The summed E-state index contributed by atoms with van der Waals surface area (Å²) in [5.41, 5.74) is 3.32. The summed E-state index contributed by atoms with van der Waals surface area (Å²) in [4.78, 5) is 28.5. The first-order valence-corrected chi connectivity index (χ1v) is 7.94. The molecule has 0 spiro atoms. The van der Waals surface area contributed by atoms with Crippen LogP contribution in [0.3, 0.4) is 0 Å². The zero-order valence-corrected chi connectivity index (χ0v) is 13.6. The van der Waals surface area contributed by atoms with Gasteiger partial charge in [0.15, 0.2) is 0 Å². The topological polar surface area (TPSA) is 40.6 Å². The maximum Gasteiger partial charge on any atom is 0.254 e. The van der Waals surface area contributed by atoms with Crippen molar-refractivity contribution in [3.8, 4) is 0 Å². The number of nitrogens with zero attached hydrogens (tertiary/aromatic N) is 2. The minimum Gasteiger partial charge on any atom is -0.331 e. The van der Waals surface area contributed by atoms with Gasteiger partial charge in [0.05, 0.1) is 0 Å². The van der Waals surface area contributed by atoms with Crippen molar-refractivity contribution in [1.29, 1.82) is 0 Å². The number of hydrogen-bond donors (Lipinski definition) is 0. The predicted octanol–water partition coefficient (Wildman–Crippen LogP) is 2.82. The molecule has 0 bridgehead atoms. The second-order valence-electron chi connectivity index (χ2n) is 5.92. The average molecular weight is 320 g/mol. The molecule has 0 N–H and O–H groups in total. The summed E-state index contributed by atoms with van der Waals surface area (Å²) < 4.78 is 0. The monoisotopic (exact) mass is 320 g/mol. The molecule has 0 aliphatic carbocycles. The molecule has 0 radical (unpaired) electrons. The van der Waals surface area contributed by atoms with Crippen LogP contribution in [0, 0.1) is 0 Å². The van der Waals surface area contributed by atoms with E-state index in [0.29, 0.717) is 37.3 Å². The number of hydrogen-bond acceptors (Lipinski definition) is 2. The molecule has 2 aliphatic heterocycles. The second kappa shape index (κ2) is 6.71. The quantitative estimate of drug-likeness (QED) is 0.856. The zero-order chi connectivity index (χ0) is 17.1. The van der Waals surface area contributed by atoms with Gasteiger partial charge in [-0.05, 0) is 35.4 Å². The Morgan fingerprint density at radius 1 is 0.792 bits per heavy atom. The van der Waals surface area contributed by atoms with Gasteiger partial charge >= 0.3 is 0 Å². The molecular weight excluding hydrogens is 300 g/mol. The van der Waals surface area contributed by atoms with Crippen LogP contribution in [0.2, 0.25) is 0 Å². The highest BCUT2D eigenvalue weighted by Gasteiger charge is 2.22. The van der Waals surface area contributed by atoms with Gasteiger partial charge in [0, 0.05) is 37.3 Å². The molecule has 24 heavy (non-hydrogen) atoms. The van der Waals surface area contributed by atoms with Crippen LogP contribution in [-0.4, -0.2) is 47.8 Å². The van der Waals surface area contributed by atoms with Crippen LogP contribution in [-0.2, 0) is 0 Å². The van der Waals surface area contributed by atoms with E-state index in [1.165, 1.54) is 0 Å². The van der Waals surface area contributed by atoms with E-state index in [1.54, 1.807) is 46.2 Å². The molecule has 0 saturated heterocycles. The fraction of sp³-hybridized carbons (Fsp3) is 0.200. The van der Waals surface area contributed by atoms with Crippen molar-refractivity contribution in [3.63, 3.8) is 0 Å². The molecule has 122 valence electrons. The van der Waals surface area contributed by atoms with E-state index in [1.807, 2.05) is 12.2 Å². The third kappa shape index (κ3) is 3.08. The Balaban J connectivity index is 1.65. The number of benzene rings is 1. The SMILES string of the molecule is C=CC1=CCN(C(=O)c2ccc(C(=O)N3CC=C(C=C)C3)cc2)C1. The lowest BCUT2D eigenvalue weighted by atomic mass is 10.1. The molecule has 3 rings (SSSR count). The van der Waals surface area contributed by atoms with E-state index >= 15 is 0 Å². The van der Waals surface area contributed by atoms with Gasteiger partial charge in [0.1, 0.15) is 0 Å². The lowest BCUT2D eigenvalue weighted by Gasteiger charge is -2.18. The molecule has 1 aromatic carbocycles. The Kier molecular flexibility index (Phi) is 4.47. The third-order valence-electron chi connectivity index (χ3n) is 4.37. The largest absolute Gasteiger partial charge is 0.331 e. The van der Waals surface area contributed by atoms with E-state index in [-0.39, 0.29) is 11.8 Å². The number of carbonyl (C=O) groups excluding carboxylic acids is 2. The lowest BCUT2D eigenvalue weighted by molar-refractivity contribution is 0.0786. The van der Waals surface area contributed by atoms with Gasteiger partial charge < -0.3 is 9.80 Å². The molecule has 0 aromatic heterocycles. The Bertz CT molecular complexity index is 691. The van der Waals surface area contributed by atoms with Crippen molar-refractivity contribution in [2.75, 3.05) is 26.2 Å². The molecule has 0 unspecified atom stereocenters. The molecule has 1 aromatic rings. The van der Waals surface area contributed by atoms with Crippen molar-refractivity contribution in [2.24, 2.45) is 0 Å². The van der Waals surface area contributed by atoms with Crippen LogP contribution in [0.1, 0.15) is 20.7 Å². The van der Waals surface area contributed by atoms with E-state index in [4.69, 9.17) is 0 Å². The van der Waals surface area contributed by atoms with Crippen molar-refractivity contribution < 1.29 is 9.59 Å². The Morgan fingerprint density at radius 2 is 1.17 bits per heavy atom. The van der Waals surface area contributed by atoms with Crippen molar-refractivity contribution in [1.82, 2.24) is 9.80 Å². The summed E-state index contributed by atoms with van der Waals surface area (Å²) >= 11 is 0. The summed E-state index contributed by atoms with van der Waals surface area (Å²) in [6.45, 7) is 9.84. The highest BCUT2D eigenvalue weighted by atomic mass is 16.2.